The third kappa shape index (κ3) is 3.99. The largest absolute Gasteiger partial charge is 0.497 e. The van der Waals surface area contributed by atoms with E-state index in [1.54, 1.807) is 7.11 Å². The molecule has 4 nitrogen and oxygen atoms in total. The average molecular weight is 374 g/mol. The number of rotatable bonds is 6. The number of thiocarbonyl (C=S) groups is 1. The number of ether oxygens (including phenoxy) is 1. The number of nitrogens with zero attached hydrogens (tertiary/aromatic N) is 1. The molecule has 0 radical (unpaired) electrons. The summed E-state index contributed by atoms with van der Waals surface area (Å²) in [5, 5.41) is 7.96. The van der Waals surface area contributed by atoms with Gasteiger partial charge in [-0.3, -0.25) is 4.90 Å². The summed E-state index contributed by atoms with van der Waals surface area (Å²) in [6.07, 6.45) is 8.11. The summed E-state index contributed by atoms with van der Waals surface area (Å²) in [4.78, 5) is 2.58. The molecule has 1 aromatic rings. The van der Waals surface area contributed by atoms with Gasteiger partial charge < -0.3 is 15.4 Å². The predicted octanol–water partition coefficient (Wildman–Crippen LogP) is 3.48. The summed E-state index contributed by atoms with van der Waals surface area (Å²) in [6.45, 7) is 3.20. The highest BCUT2D eigenvalue weighted by Gasteiger charge is 2.39. The van der Waals surface area contributed by atoms with Crippen molar-refractivity contribution in [2.24, 2.45) is 11.8 Å². The number of benzene rings is 1. The summed E-state index contributed by atoms with van der Waals surface area (Å²) in [5.74, 6) is 2.70. The lowest BCUT2D eigenvalue weighted by molar-refractivity contribution is 0.245. The van der Waals surface area contributed by atoms with Crippen LogP contribution in [0.15, 0.2) is 24.3 Å². The van der Waals surface area contributed by atoms with Crippen LogP contribution in [0, 0.1) is 11.8 Å². The van der Waals surface area contributed by atoms with E-state index >= 15 is 0 Å². The number of hydrogen-bond acceptors (Lipinski definition) is 3. The van der Waals surface area contributed by atoms with Gasteiger partial charge in [0.1, 0.15) is 5.75 Å². The van der Waals surface area contributed by atoms with Crippen molar-refractivity contribution >= 4 is 17.3 Å². The standard InChI is InChI=1S/C21H31N3OS/c1-25-18-8-6-16(7-9-18)20(24-10-2-3-11-24)14-22-21(26)23-19-13-15-4-5-17(19)12-15/h6-9,15,17,19-20H,2-5,10-14H2,1H3,(H2,22,23,26)/t15-,17-,19-,20-/m0/s1. The monoisotopic (exact) mass is 373 g/mol. The van der Waals surface area contributed by atoms with Gasteiger partial charge in [-0.05, 0) is 86.9 Å². The van der Waals surface area contributed by atoms with Gasteiger partial charge in [0.2, 0.25) is 0 Å². The van der Waals surface area contributed by atoms with E-state index in [-0.39, 0.29) is 0 Å². The van der Waals surface area contributed by atoms with Crippen molar-refractivity contribution in [2.45, 2.75) is 50.6 Å². The van der Waals surface area contributed by atoms with Gasteiger partial charge >= 0.3 is 0 Å². The van der Waals surface area contributed by atoms with Gasteiger partial charge in [0.15, 0.2) is 5.11 Å². The van der Waals surface area contributed by atoms with E-state index in [0.717, 1.165) is 29.2 Å². The van der Waals surface area contributed by atoms with Crippen LogP contribution in [0.2, 0.25) is 0 Å². The maximum Gasteiger partial charge on any atom is 0.166 e. The maximum atomic E-state index is 5.63. The minimum Gasteiger partial charge on any atom is -0.497 e. The molecular weight excluding hydrogens is 342 g/mol. The third-order valence-corrected chi connectivity index (χ3v) is 6.85. The fourth-order valence-electron chi connectivity index (χ4n) is 5.17. The van der Waals surface area contributed by atoms with Crippen molar-refractivity contribution in [1.82, 2.24) is 15.5 Å². The summed E-state index contributed by atoms with van der Waals surface area (Å²) < 4.78 is 5.31. The van der Waals surface area contributed by atoms with E-state index in [0.29, 0.717) is 12.1 Å². The molecule has 4 atom stereocenters. The summed E-state index contributed by atoms with van der Waals surface area (Å²) in [6, 6.07) is 9.46. The zero-order chi connectivity index (χ0) is 17.9. The first-order chi connectivity index (χ1) is 12.7. The highest BCUT2D eigenvalue weighted by atomic mass is 32.1. The van der Waals surface area contributed by atoms with E-state index in [1.807, 2.05) is 0 Å². The molecule has 0 amide bonds. The number of methoxy groups -OCH3 is 1. The minimum atomic E-state index is 0.364. The molecule has 2 N–H and O–H groups in total. The van der Waals surface area contributed by atoms with Crippen molar-refractivity contribution in [1.29, 1.82) is 0 Å². The van der Waals surface area contributed by atoms with Crippen molar-refractivity contribution in [3.05, 3.63) is 29.8 Å². The molecule has 0 aromatic heterocycles. The first-order valence-electron chi connectivity index (χ1n) is 10.2. The molecule has 0 unspecified atom stereocenters. The first kappa shape index (κ1) is 18.1. The van der Waals surface area contributed by atoms with Crippen LogP contribution in [0.5, 0.6) is 5.75 Å². The number of likely N-dealkylation sites (tertiary alicyclic amines) is 1. The smallest absolute Gasteiger partial charge is 0.166 e. The molecule has 3 fully saturated rings. The summed E-state index contributed by atoms with van der Waals surface area (Å²) in [7, 11) is 1.72. The Balaban J connectivity index is 1.35. The second-order valence-corrected chi connectivity index (χ2v) is 8.58. The molecule has 142 valence electrons. The molecule has 1 saturated heterocycles. The van der Waals surface area contributed by atoms with Crippen molar-refractivity contribution in [2.75, 3.05) is 26.7 Å². The topological polar surface area (TPSA) is 36.5 Å². The van der Waals surface area contributed by atoms with E-state index in [2.05, 4.69) is 39.8 Å². The third-order valence-electron chi connectivity index (χ3n) is 6.59. The lowest BCUT2D eigenvalue weighted by Crippen LogP contribution is -2.46. The van der Waals surface area contributed by atoms with Gasteiger partial charge in [-0.15, -0.1) is 0 Å². The van der Waals surface area contributed by atoms with Gasteiger partial charge in [-0.2, -0.15) is 0 Å². The van der Waals surface area contributed by atoms with Gasteiger partial charge in [0, 0.05) is 12.6 Å². The molecule has 3 aliphatic rings. The molecular formula is C21H31N3OS. The Labute approximate surface area is 162 Å². The van der Waals surface area contributed by atoms with Crippen LogP contribution in [0.25, 0.3) is 0 Å². The Morgan fingerprint density at radius 1 is 1.19 bits per heavy atom. The fourth-order valence-corrected chi connectivity index (χ4v) is 5.40. The Morgan fingerprint density at radius 2 is 1.96 bits per heavy atom. The molecule has 2 aliphatic carbocycles. The Morgan fingerprint density at radius 3 is 2.58 bits per heavy atom. The highest BCUT2D eigenvalue weighted by Crippen LogP contribution is 2.44. The van der Waals surface area contributed by atoms with Crippen LogP contribution in [0.3, 0.4) is 0 Å². The van der Waals surface area contributed by atoms with Crippen molar-refractivity contribution in [3.63, 3.8) is 0 Å². The molecule has 2 bridgehead atoms. The lowest BCUT2D eigenvalue weighted by atomic mass is 9.95. The molecule has 4 rings (SSSR count). The molecule has 1 aromatic carbocycles. The van der Waals surface area contributed by atoms with Crippen molar-refractivity contribution < 1.29 is 4.74 Å². The summed E-state index contributed by atoms with van der Waals surface area (Å²) >= 11 is 5.63. The van der Waals surface area contributed by atoms with Gasteiger partial charge in [0.05, 0.1) is 13.2 Å². The highest BCUT2D eigenvalue weighted by molar-refractivity contribution is 7.80. The quantitative estimate of drug-likeness (QED) is 0.747. The number of fused-ring (bicyclic) bond motifs is 2. The number of nitrogens with one attached hydrogen (secondary N) is 2. The zero-order valence-corrected chi connectivity index (χ0v) is 16.6. The molecule has 2 saturated carbocycles. The second-order valence-electron chi connectivity index (χ2n) is 8.17. The van der Waals surface area contributed by atoms with Crippen LogP contribution < -0.4 is 15.4 Å². The van der Waals surface area contributed by atoms with E-state index < -0.39 is 0 Å². The summed E-state index contributed by atoms with van der Waals surface area (Å²) in [5.41, 5.74) is 1.34. The van der Waals surface area contributed by atoms with Gasteiger partial charge in [0.25, 0.3) is 0 Å². The molecule has 26 heavy (non-hydrogen) atoms. The van der Waals surface area contributed by atoms with E-state index in [9.17, 15) is 0 Å². The van der Waals surface area contributed by atoms with Gasteiger partial charge in [-0.1, -0.05) is 18.6 Å². The van der Waals surface area contributed by atoms with Crippen molar-refractivity contribution in [3.8, 4) is 5.75 Å². The minimum absolute atomic E-state index is 0.364. The lowest BCUT2D eigenvalue weighted by Gasteiger charge is -2.30. The van der Waals surface area contributed by atoms with E-state index in [1.165, 1.54) is 57.2 Å². The SMILES string of the molecule is COc1ccc([C@H](CNC(=S)N[C@H]2C[C@H]3CC[C@H]2C3)N2CCCC2)cc1. The van der Waals surface area contributed by atoms with Crippen LogP contribution >= 0.6 is 12.2 Å². The van der Waals surface area contributed by atoms with Crippen LogP contribution in [0.4, 0.5) is 0 Å². The molecule has 0 spiro atoms. The van der Waals surface area contributed by atoms with Crippen LogP contribution in [0.1, 0.15) is 50.1 Å². The Kier molecular flexibility index (Phi) is 5.65. The number of hydrogen-bond donors (Lipinski definition) is 2. The Hall–Kier alpha value is -1.33. The predicted molar refractivity (Wildman–Crippen MR) is 110 cm³/mol. The fraction of sp³-hybridized carbons (Fsp3) is 0.667. The maximum absolute atomic E-state index is 5.63. The Bertz CT molecular complexity index is 614. The van der Waals surface area contributed by atoms with E-state index in [4.69, 9.17) is 17.0 Å². The molecule has 1 heterocycles. The average Bonchev–Trinajstić information content (AvgIpc) is 3.41. The van der Waals surface area contributed by atoms with Crippen LogP contribution in [-0.4, -0.2) is 42.8 Å². The normalized spacial score (nSPS) is 28.9. The molecule has 5 heteroatoms. The first-order valence-corrected chi connectivity index (χ1v) is 10.6. The van der Waals surface area contributed by atoms with Gasteiger partial charge in [-0.25, -0.2) is 0 Å². The second kappa shape index (κ2) is 8.13. The zero-order valence-electron chi connectivity index (χ0n) is 15.7. The molecule has 1 aliphatic heterocycles. The van der Waals surface area contributed by atoms with Crippen LogP contribution in [-0.2, 0) is 0 Å².